The Morgan fingerprint density at radius 3 is 2.32 bits per heavy atom. The zero-order valence-corrected chi connectivity index (χ0v) is 9.64. The third kappa shape index (κ3) is 2.42. The predicted molar refractivity (Wildman–Crippen MR) is 58.1 cm³/mol. The van der Waals surface area contributed by atoms with Crippen LogP contribution in [-0.2, 0) is 6.18 Å². The van der Waals surface area contributed by atoms with Crippen LogP contribution in [0, 0.1) is 6.92 Å². The summed E-state index contributed by atoms with van der Waals surface area (Å²) in [6, 6.07) is 6.21. The molecule has 8 heteroatoms. The lowest BCUT2D eigenvalue weighted by Gasteiger charge is -2.06. The molecule has 0 aliphatic rings. The van der Waals surface area contributed by atoms with Crippen LogP contribution in [-0.4, -0.2) is 26.1 Å². The second-order valence-corrected chi connectivity index (χ2v) is 3.84. The summed E-state index contributed by atoms with van der Waals surface area (Å²) in [5, 5.41) is 15.1. The minimum Gasteiger partial charge on any atom is -0.476 e. The van der Waals surface area contributed by atoms with Gasteiger partial charge in [0.2, 0.25) is 5.69 Å². The van der Waals surface area contributed by atoms with Crippen molar-refractivity contribution in [3.05, 3.63) is 41.2 Å². The molecular formula is C11H8F3N3O2. The fourth-order valence-electron chi connectivity index (χ4n) is 1.53. The Balaban J connectivity index is 2.62. The Labute approximate surface area is 105 Å². The van der Waals surface area contributed by atoms with Gasteiger partial charge in [0.15, 0.2) is 5.69 Å². The number of aromatic nitrogens is 3. The van der Waals surface area contributed by atoms with Crippen molar-refractivity contribution < 1.29 is 23.1 Å². The van der Waals surface area contributed by atoms with Crippen molar-refractivity contribution in [2.45, 2.75) is 13.1 Å². The molecule has 0 saturated carbocycles. The quantitative estimate of drug-likeness (QED) is 0.909. The van der Waals surface area contributed by atoms with Gasteiger partial charge in [-0.25, -0.2) is 9.48 Å². The molecule has 100 valence electrons. The molecule has 0 atom stereocenters. The van der Waals surface area contributed by atoms with Crippen LogP contribution in [0.3, 0.4) is 0 Å². The number of benzene rings is 1. The van der Waals surface area contributed by atoms with Gasteiger partial charge < -0.3 is 5.11 Å². The van der Waals surface area contributed by atoms with E-state index < -0.39 is 23.5 Å². The van der Waals surface area contributed by atoms with Gasteiger partial charge in [-0.2, -0.15) is 13.2 Å². The lowest BCUT2D eigenvalue weighted by Crippen LogP contribution is -2.15. The van der Waals surface area contributed by atoms with Crippen molar-refractivity contribution in [2.24, 2.45) is 0 Å². The molecule has 0 spiro atoms. The maximum Gasteiger partial charge on any atom is 0.437 e. The average molecular weight is 271 g/mol. The van der Waals surface area contributed by atoms with Crippen LogP contribution in [0.25, 0.3) is 5.69 Å². The number of rotatable bonds is 2. The van der Waals surface area contributed by atoms with Crippen LogP contribution >= 0.6 is 0 Å². The standard InChI is InChI=1S/C11H8F3N3O2/c1-6-2-4-7(5-3-6)17-8(10(18)19)9(15-16-17)11(12,13)14/h2-5H,1H3,(H,18,19). The van der Waals surface area contributed by atoms with E-state index in [0.29, 0.717) is 4.68 Å². The smallest absolute Gasteiger partial charge is 0.437 e. The molecule has 0 radical (unpaired) electrons. The number of carboxylic acids is 1. The average Bonchev–Trinajstić information content (AvgIpc) is 2.74. The van der Waals surface area contributed by atoms with Crippen molar-refractivity contribution in [3.8, 4) is 5.69 Å². The number of carboxylic acid groups (broad SMARTS) is 1. The third-order valence-corrected chi connectivity index (χ3v) is 2.42. The van der Waals surface area contributed by atoms with Gasteiger partial charge in [-0.3, -0.25) is 0 Å². The zero-order chi connectivity index (χ0) is 14.2. The van der Waals surface area contributed by atoms with Gasteiger partial charge in [0.25, 0.3) is 0 Å². The van der Waals surface area contributed by atoms with Gasteiger partial charge in [0, 0.05) is 0 Å². The molecule has 2 rings (SSSR count). The first-order chi connectivity index (χ1) is 8.80. The van der Waals surface area contributed by atoms with Crippen LogP contribution in [0.15, 0.2) is 24.3 Å². The van der Waals surface area contributed by atoms with E-state index in [1.807, 2.05) is 0 Å². The van der Waals surface area contributed by atoms with E-state index in [1.165, 1.54) is 12.1 Å². The Kier molecular flexibility index (Phi) is 3.01. The van der Waals surface area contributed by atoms with E-state index in [0.717, 1.165) is 5.56 Å². The van der Waals surface area contributed by atoms with Crippen LogP contribution < -0.4 is 0 Å². The summed E-state index contributed by atoms with van der Waals surface area (Å²) in [4.78, 5) is 11.0. The van der Waals surface area contributed by atoms with Gasteiger partial charge in [-0.05, 0) is 19.1 Å². The normalized spacial score (nSPS) is 11.6. The first-order valence-electron chi connectivity index (χ1n) is 5.14. The van der Waals surface area contributed by atoms with E-state index >= 15 is 0 Å². The van der Waals surface area contributed by atoms with Gasteiger partial charge in [-0.1, -0.05) is 22.9 Å². The Hall–Kier alpha value is -2.38. The van der Waals surface area contributed by atoms with Crippen molar-refractivity contribution >= 4 is 5.97 Å². The van der Waals surface area contributed by atoms with E-state index in [2.05, 4.69) is 10.3 Å². The molecule has 0 amide bonds. The van der Waals surface area contributed by atoms with E-state index in [9.17, 15) is 18.0 Å². The molecule has 0 aliphatic carbocycles. The lowest BCUT2D eigenvalue weighted by atomic mass is 10.2. The molecular weight excluding hydrogens is 263 g/mol. The minimum absolute atomic E-state index is 0.200. The number of hydrogen-bond acceptors (Lipinski definition) is 3. The van der Waals surface area contributed by atoms with Gasteiger partial charge in [0.1, 0.15) is 0 Å². The lowest BCUT2D eigenvalue weighted by molar-refractivity contribution is -0.141. The first kappa shape index (κ1) is 13.1. The molecule has 1 aromatic heterocycles. The highest BCUT2D eigenvalue weighted by Crippen LogP contribution is 2.31. The highest BCUT2D eigenvalue weighted by atomic mass is 19.4. The van der Waals surface area contributed by atoms with Gasteiger partial charge >= 0.3 is 12.1 Å². The number of nitrogens with zero attached hydrogens (tertiary/aromatic N) is 3. The van der Waals surface area contributed by atoms with E-state index in [1.54, 1.807) is 19.1 Å². The highest BCUT2D eigenvalue weighted by Gasteiger charge is 2.41. The fourth-order valence-corrected chi connectivity index (χ4v) is 1.53. The molecule has 0 saturated heterocycles. The summed E-state index contributed by atoms with van der Waals surface area (Å²) < 4.78 is 38.5. The Bertz CT molecular complexity index is 617. The summed E-state index contributed by atoms with van der Waals surface area (Å²) in [6.07, 6.45) is -4.86. The molecule has 0 fully saturated rings. The second kappa shape index (κ2) is 4.38. The number of aryl methyl sites for hydroxylation is 1. The number of hydrogen-bond donors (Lipinski definition) is 1. The first-order valence-corrected chi connectivity index (χ1v) is 5.14. The number of carbonyl (C=O) groups is 1. The van der Waals surface area contributed by atoms with Crippen LogP contribution in [0.4, 0.5) is 13.2 Å². The molecule has 0 bridgehead atoms. The molecule has 5 nitrogen and oxygen atoms in total. The highest BCUT2D eigenvalue weighted by molar-refractivity contribution is 5.87. The topological polar surface area (TPSA) is 68.0 Å². The summed E-state index contributed by atoms with van der Waals surface area (Å²) in [5.74, 6) is -1.74. The fraction of sp³-hybridized carbons (Fsp3) is 0.182. The maximum absolute atomic E-state index is 12.6. The monoisotopic (exact) mass is 271 g/mol. The maximum atomic E-state index is 12.6. The van der Waals surface area contributed by atoms with E-state index in [-0.39, 0.29) is 5.69 Å². The second-order valence-electron chi connectivity index (χ2n) is 3.84. The van der Waals surface area contributed by atoms with Crippen LogP contribution in [0.5, 0.6) is 0 Å². The summed E-state index contributed by atoms with van der Waals surface area (Å²) in [7, 11) is 0. The third-order valence-electron chi connectivity index (χ3n) is 2.42. The van der Waals surface area contributed by atoms with Crippen LogP contribution in [0.1, 0.15) is 21.7 Å². The van der Waals surface area contributed by atoms with Crippen LogP contribution in [0.2, 0.25) is 0 Å². The van der Waals surface area contributed by atoms with Crippen molar-refractivity contribution in [2.75, 3.05) is 0 Å². The van der Waals surface area contributed by atoms with Gasteiger partial charge in [-0.15, -0.1) is 5.10 Å². The molecule has 1 N–H and O–H groups in total. The zero-order valence-electron chi connectivity index (χ0n) is 9.64. The van der Waals surface area contributed by atoms with E-state index in [4.69, 9.17) is 5.11 Å². The molecule has 2 aromatic rings. The largest absolute Gasteiger partial charge is 0.476 e. The van der Waals surface area contributed by atoms with Gasteiger partial charge in [0.05, 0.1) is 5.69 Å². The van der Waals surface area contributed by atoms with Crippen molar-refractivity contribution in [3.63, 3.8) is 0 Å². The number of halogens is 3. The summed E-state index contributed by atoms with van der Waals surface area (Å²) >= 11 is 0. The molecule has 19 heavy (non-hydrogen) atoms. The molecule has 0 aliphatic heterocycles. The van der Waals surface area contributed by atoms with Crippen molar-refractivity contribution in [1.82, 2.24) is 15.0 Å². The molecule has 0 unspecified atom stereocenters. The molecule has 1 aromatic carbocycles. The number of alkyl halides is 3. The van der Waals surface area contributed by atoms with Crippen molar-refractivity contribution in [1.29, 1.82) is 0 Å². The summed E-state index contributed by atoms with van der Waals surface area (Å²) in [6.45, 7) is 1.80. The number of aromatic carboxylic acids is 1. The SMILES string of the molecule is Cc1ccc(-n2nnc(C(F)(F)F)c2C(=O)O)cc1. The summed E-state index contributed by atoms with van der Waals surface area (Å²) in [5.41, 5.74) is -1.43. The molecule has 1 heterocycles. The Morgan fingerprint density at radius 1 is 1.26 bits per heavy atom. The Morgan fingerprint density at radius 2 is 1.84 bits per heavy atom. The predicted octanol–water partition coefficient (Wildman–Crippen LogP) is 2.29. The minimum atomic E-state index is -4.86.